The van der Waals surface area contributed by atoms with Crippen molar-refractivity contribution in [3.8, 4) is 0 Å². The highest BCUT2D eigenvalue weighted by atomic mass is 35.5. The summed E-state index contributed by atoms with van der Waals surface area (Å²) in [6.07, 6.45) is 0. The van der Waals surface area contributed by atoms with E-state index in [1.54, 1.807) is 0 Å². The first-order valence-corrected chi connectivity index (χ1v) is 7.66. The predicted molar refractivity (Wildman–Crippen MR) is 74.3 cm³/mol. The monoisotopic (exact) mass is 319 g/mol. The number of nitro groups is 1. The number of hydrogen-bond donors (Lipinski definition) is 0. The van der Waals surface area contributed by atoms with Gasteiger partial charge in [-0.05, 0) is 26.2 Å². The lowest BCUT2D eigenvalue weighted by atomic mass is 10.2. The van der Waals surface area contributed by atoms with Crippen LogP contribution in [0, 0.1) is 10.1 Å². The number of benzene rings is 1. The van der Waals surface area contributed by atoms with Crippen molar-refractivity contribution in [3.63, 3.8) is 0 Å². The van der Waals surface area contributed by atoms with Crippen LogP contribution in [0.5, 0.6) is 0 Å². The molecule has 1 aromatic carbocycles. The van der Waals surface area contributed by atoms with Crippen molar-refractivity contribution in [1.82, 2.24) is 9.21 Å². The number of hydrogen-bond acceptors (Lipinski definition) is 5. The smallest absolute Gasteiger partial charge is 0.290 e. The van der Waals surface area contributed by atoms with Crippen LogP contribution < -0.4 is 0 Å². The normalized spacial score (nSPS) is 17.2. The number of likely N-dealkylation sites (N-methyl/N-ethyl adjacent to an activating group) is 1. The first kappa shape index (κ1) is 15.2. The SMILES string of the molecule is CN(C)C1CN(S(=O)(=O)c2ccc(Cl)cc2[N+](=O)[O-])C1. The standard InChI is InChI=1S/C11H14ClN3O4S/c1-13(2)9-6-14(7-9)20(18,19)11-4-3-8(12)5-10(11)15(16)17/h3-5,9H,6-7H2,1-2H3. The second-order valence-electron chi connectivity index (χ2n) is 4.81. The summed E-state index contributed by atoms with van der Waals surface area (Å²) >= 11 is 5.68. The van der Waals surface area contributed by atoms with E-state index in [-0.39, 0.29) is 16.0 Å². The number of nitrogens with zero attached hydrogens (tertiary/aromatic N) is 3. The van der Waals surface area contributed by atoms with Crippen LogP contribution in [0.2, 0.25) is 5.02 Å². The van der Waals surface area contributed by atoms with Crippen LogP contribution in [0.15, 0.2) is 23.1 Å². The number of sulfonamides is 1. The Balaban J connectivity index is 2.34. The lowest BCUT2D eigenvalue weighted by Crippen LogP contribution is -2.59. The highest BCUT2D eigenvalue weighted by Crippen LogP contribution is 2.31. The Labute approximate surface area is 121 Å². The first-order valence-electron chi connectivity index (χ1n) is 5.84. The zero-order valence-electron chi connectivity index (χ0n) is 11.0. The molecule has 2 rings (SSSR count). The molecule has 0 atom stereocenters. The van der Waals surface area contributed by atoms with Gasteiger partial charge in [-0.2, -0.15) is 4.31 Å². The van der Waals surface area contributed by atoms with Gasteiger partial charge in [0.25, 0.3) is 5.69 Å². The van der Waals surface area contributed by atoms with Crippen molar-refractivity contribution < 1.29 is 13.3 Å². The molecule has 0 saturated carbocycles. The molecule has 0 aliphatic carbocycles. The van der Waals surface area contributed by atoms with E-state index in [9.17, 15) is 18.5 Å². The maximum atomic E-state index is 12.4. The minimum Gasteiger partial charge on any atom is -0.304 e. The van der Waals surface area contributed by atoms with Crippen molar-refractivity contribution in [2.45, 2.75) is 10.9 Å². The molecule has 0 N–H and O–H groups in total. The fourth-order valence-electron chi connectivity index (χ4n) is 1.93. The minimum absolute atomic E-state index is 0.130. The van der Waals surface area contributed by atoms with Crippen molar-refractivity contribution >= 4 is 27.3 Å². The van der Waals surface area contributed by atoms with Gasteiger partial charge < -0.3 is 4.90 Å². The summed E-state index contributed by atoms with van der Waals surface area (Å²) in [5, 5.41) is 11.1. The third kappa shape index (κ3) is 2.64. The van der Waals surface area contributed by atoms with Crippen LogP contribution in [0.25, 0.3) is 0 Å². The Morgan fingerprint density at radius 1 is 1.40 bits per heavy atom. The fraction of sp³-hybridized carbons (Fsp3) is 0.455. The van der Waals surface area contributed by atoms with Crippen LogP contribution in [0.4, 0.5) is 5.69 Å². The fourth-order valence-corrected chi connectivity index (χ4v) is 3.75. The molecule has 1 heterocycles. The van der Waals surface area contributed by atoms with Gasteiger partial charge in [-0.1, -0.05) is 11.6 Å². The molecule has 0 amide bonds. The van der Waals surface area contributed by atoms with Crippen LogP contribution in [0.3, 0.4) is 0 Å². The largest absolute Gasteiger partial charge is 0.304 e. The molecule has 110 valence electrons. The zero-order valence-corrected chi connectivity index (χ0v) is 12.6. The highest BCUT2D eigenvalue weighted by Gasteiger charge is 2.40. The van der Waals surface area contributed by atoms with Crippen LogP contribution >= 0.6 is 11.6 Å². The summed E-state index contributed by atoms with van der Waals surface area (Å²) in [7, 11) is -0.134. The molecule has 0 spiro atoms. The third-order valence-electron chi connectivity index (χ3n) is 3.29. The second-order valence-corrected chi connectivity index (χ2v) is 7.15. The van der Waals surface area contributed by atoms with Gasteiger partial charge in [-0.3, -0.25) is 10.1 Å². The maximum absolute atomic E-state index is 12.4. The Bertz CT molecular complexity index is 641. The van der Waals surface area contributed by atoms with Crippen molar-refractivity contribution in [3.05, 3.63) is 33.3 Å². The van der Waals surface area contributed by atoms with E-state index in [0.717, 1.165) is 6.07 Å². The number of rotatable bonds is 4. The molecule has 20 heavy (non-hydrogen) atoms. The Kier molecular flexibility index (Phi) is 4.01. The van der Waals surface area contributed by atoms with Crippen molar-refractivity contribution in [1.29, 1.82) is 0 Å². The second kappa shape index (κ2) is 5.28. The quantitative estimate of drug-likeness (QED) is 0.614. The first-order chi connectivity index (χ1) is 9.23. The number of halogens is 1. The van der Waals surface area contributed by atoms with Crippen LogP contribution in [-0.2, 0) is 10.0 Å². The van der Waals surface area contributed by atoms with Gasteiger partial charge in [0.2, 0.25) is 10.0 Å². The average Bonchev–Trinajstić information content (AvgIpc) is 2.25. The Morgan fingerprint density at radius 2 is 2.00 bits per heavy atom. The summed E-state index contributed by atoms with van der Waals surface area (Å²) in [5.74, 6) is 0. The molecule has 9 heteroatoms. The average molecular weight is 320 g/mol. The number of nitro benzene ring substituents is 1. The molecule has 1 fully saturated rings. The minimum atomic E-state index is -3.85. The van der Waals surface area contributed by atoms with Gasteiger partial charge in [0.15, 0.2) is 4.90 Å². The topological polar surface area (TPSA) is 83.8 Å². The lowest BCUT2D eigenvalue weighted by molar-refractivity contribution is -0.387. The van der Waals surface area contributed by atoms with Gasteiger partial charge in [-0.25, -0.2) is 8.42 Å². The van der Waals surface area contributed by atoms with Gasteiger partial charge in [0, 0.05) is 30.2 Å². The molecule has 1 aromatic rings. The van der Waals surface area contributed by atoms with Gasteiger partial charge >= 0.3 is 0 Å². The molecular weight excluding hydrogens is 306 g/mol. The summed E-state index contributed by atoms with van der Waals surface area (Å²) in [6.45, 7) is 0.657. The van der Waals surface area contributed by atoms with E-state index in [2.05, 4.69) is 0 Å². The predicted octanol–water partition coefficient (Wildman–Crippen LogP) is 1.18. The molecule has 1 saturated heterocycles. The Morgan fingerprint density at radius 3 is 2.50 bits per heavy atom. The van der Waals surface area contributed by atoms with Gasteiger partial charge in [-0.15, -0.1) is 0 Å². The molecule has 0 radical (unpaired) electrons. The summed E-state index contributed by atoms with van der Waals surface area (Å²) < 4.78 is 26.0. The summed E-state index contributed by atoms with van der Waals surface area (Å²) in [6, 6.07) is 3.71. The molecule has 0 unspecified atom stereocenters. The lowest BCUT2D eigenvalue weighted by Gasteiger charge is -2.41. The van der Waals surface area contributed by atoms with Gasteiger partial charge in [0.1, 0.15) is 0 Å². The maximum Gasteiger partial charge on any atom is 0.290 e. The van der Waals surface area contributed by atoms with E-state index >= 15 is 0 Å². The van der Waals surface area contributed by atoms with E-state index in [1.165, 1.54) is 16.4 Å². The van der Waals surface area contributed by atoms with Crippen molar-refractivity contribution in [2.75, 3.05) is 27.2 Å². The van der Waals surface area contributed by atoms with Gasteiger partial charge in [0.05, 0.1) is 4.92 Å². The molecular formula is C11H14ClN3O4S. The highest BCUT2D eigenvalue weighted by molar-refractivity contribution is 7.89. The third-order valence-corrected chi connectivity index (χ3v) is 5.41. The molecule has 1 aliphatic heterocycles. The van der Waals surface area contributed by atoms with Crippen molar-refractivity contribution in [2.24, 2.45) is 0 Å². The summed E-state index contributed by atoms with van der Waals surface area (Å²) in [4.78, 5) is 11.8. The molecule has 7 nitrogen and oxygen atoms in total. The van der Waals surface area contributed by atoms with Crippen LogP contribution in [-0.4, -0.2) is 55.8 Å². The molecule has 0 bridgehead atoms. The molecule has 0 aromatic heterocycles. The molecule has 1 aliphatic rings. The van der Waals surface area contributed by atoms with E-state index < -0.39 is 20.6 Å². The Hall–Kier alpha value is -1.22. The van der Waals surface area contributed by atoms with E-state index in [0.29, 0.717) is 13.1 Å². The van der Waals surface area contributed by atoms with Crippen LogP contribution in [0.1, 0.15) is 0 Å². The van der Waals surface area contributed by atoms with E-state index in [4.69, 9.17) is 11.6 Å². The van der Waals surface area contributed by atoms with E-state index in [1.807, 2.05) is 19.0 Å². The zero-order chi connectivity index (χ0) is 15.1. The summed E-state index contributed by atoms with van der Waals surface area (Å²) in [5.41, 5.74) is -0.495.